The molecular weight excluding hydrogens is 442 g/mol. The predicted octanol–water partition coefficient (Wildman–Crippen LogP) is 4.75. The molecule has 0 saturated heterocycles. The summed E-state index contributed by atoms with van der Waals surface area (Å²) in [4.78, 5) is 14.4. The average Bonchev–Trinajstić information content (AvgIpc) is 2.93. The van der Waals surface area contributed by atoms with Gasteiger partial charge < -0.3 is 0 Å². The third kappa shape index (κ3) is 4.20. The number of benzene rings is 3. The zero-order valence-corrected chi connectivity index (χ0v) is 20.3. The summed E-state index contributed by atoms with van der Waals surface area (Å²) in [5.74, 6) is 0. The lowest BCUT2D eigenvalue weighted by molar-refractivity contribution is 0.601. The van der Waals surface area contributed by atoms with Gasteiger partial charge in [0.05, 0.1) is 21.6 Å². The van der Waals surface area contributed by atoms with Crippen molar-refractivity contribution in [2.24, 2.45) is 14.1 Å². The van der Waals surface area contributed by atoms with E-state index in [1.165, 1.54) is 16.3 Å². The van der Waals surface area contributed by atoms with Gasteiger partial charge in [-0.2, -0.15) is 0 Å². The van der Waals surface area contributed by atoms with Crippen molar-refractivity contribution < 1.29 is 8.42 Å². The molecule has 0 atom stereocenters. The standard InChI is InChI=1S/C24H25N3O3S2/c1-15-6-8-18(9-7-15)31-23-14-22-21(26(4)24(28)27(22)5)13-20(23)25-32(29,30)19-11-16(2)10-17(3)12-19/h6-14,25H,1-5H3. The predicted molar refractivity (Wildman–Crippen MR) is 130 cm³/mol. The molecule has 6 nitrogen and oxygen atoms in total. The van der Waals surface area contributed by atoms with Crippen molar-refractivity contribution in [3.8, 4) is 0 Å². The molecule has 4 rings (SSSR count). The van der Waals surface area contributed by atoms with E-state index in [0.717, 1.165) is 32.0 Å². The summed E-state index contributed by atoms with van der Waals surface area (Å²) in [5.41, 5.74) is 4.56. The molecule has 4 aromatic rings. The van der Waals surface area contributed by atoms with Crippen LogP contribution in [0.2, 0.25) is 0 Å². The van der Waals surface area contributed by atoms with Crippen molar-refractivity contribution in [2.45, 2.75) is 35.5 Å². The second kappa shape index (κ2) is 8.18. The Bertz CT molecular complexity index is 1480. The number of sulfonamides is 1. The van der Waals surface area contributed by atoms with Gasteiger partial charge in [-0.15, -0.1) is 0 Å². The Hall–Kier alpha value is -2.97. The van der Waals surface area contributed by atoms with E-state index in [1.54, 1.807) is 36.9 Å². The van der Waals surface area contributed by atoms with E-state index in [0.29, 0.717) is 11.2 Å². The zero-order valence-electron chi connectivity index (χ0n) is 18.6. The van der Waals surface area contributed by atoms with Gasteiger partial charge in [-0.1, -0.05) is 35.5 Å². The maximum Gasteiger partial charge on any atom is 0.328 e. The number of fused-ring (bicyclic) bond motifs is 1. The van der Waals surface area contributed by atoms with Crippen molar-refractivity contribution in [3.05, 3.63) is 81.8 Å². The molecule has 0 spiro atoms. The summed E-state index contributed by atoms with van der Waals surface area (Å²) in [6.45, 7) is 5.76. The molecule has 32 heavy (non-hydrogen) atoms. The smallest absolute Gasteiger partial charge is 0.295 e. The molecule has 0 fully saturated rings. The third-order valence-corrected chi connectivity index (χ3v) is 7.78. The highest BCUT2D eigenvalue weighted by Crippen LogP contribution is 2.37. The highest BCUT2D eigenvalue weighted by molar-refractivity contribution is 7.99. The van der Waals surface area contributed by atoms with E-state index in [-0.39, 0.29) is 10.6 Å². The number of hydrogen-bond acceptors (Lipinski definition) is 4. The Morgan fingerprint density at radius 3 is 1.94 bits per heavy atom. The van der Waals surface area contributed by atoms with Gasteiger partial charge >= 0.3 is 5.69 Å². The molecule has 1 aromatic heterocycles. The first-order valence-corrected chi connectivity index (χ1v) is 12.4. The van der Waals surface area contributed by atoms with E-state index in [2.05, 4.69) is 4.72 Å². The lowest BCUT2D eigenvalue weighted by Crippen LogP contribution is -2.19. The molecule has 0 bridgehead atoms. The van der Waals surface area contributed by atoms with Crippen LogP contribution >= 0.6 is 11.8 Å². The van der Waals surface area contributed by atoms with Gasteiger partial charge in [-0.3, -0.25) is 13.9 Å². The van der Waals surface area contributed by atoms with Crippen LogP contribution in [0.25, 0.3) is 11.0 Å². The molecule has 0 aliphatic rings. The molecule has 0 radical (unpaired) electrons. The summed E-state index contributed by atoms with van der Waals surface area (Å²) in [5, 5.41) is 0. The average molecular weight is 468 g/mol. The Balaban J connectivity index is 1.86. The Morgan fingerprint density at radius 1 is 0.781 bits per heavy atom. The first kappa shape index (κ1) is 22.2. The lowest BCUT2D eigenvalue weighted by Gasteiger charge is -2.14. The van der Waals surface area contributed by atoms with Crippen molar-refractivity contribution in [3.63, 3.8) is 0 Å². The minimum Gasteiger partial charge on any atom is -0.295 e. The summed E-state index contributed by atoms with van der Waals surface area (Å²) >= 11 is 1.45. The van der Waals surface area contributed by atoms with E-state index in [4.69, 9.17) is 0 Å². The van der Waals surface area contributed by atoms with Gasteiger partial charge in [-0.05, 0) is 68.3 Å². The Kier molecular flexibility index (Phi) is 5.68. The number of imidazole rings is 1. The van der Waals surface area contributed by atoms with Gasteiger partial charge in [0.2, 0.25) is 0 Å². The van der Waals surface area contributed by atoms with Gasteiger partial charge in [0.15, 0.2) is 0 Å². The Labute approximate surface area is 191 Å². The second-order valence-corrected chi connectivity index (χ2v) is 10.9. The highest BCUT2D eigenvalue weighted by Gasteiger charge is 2.20. The summed E-state index contributed by atoms with van der Waals surface area (Å²) in [7, 11) is -0.429. The van der Waals surface area contributed by atoms with Crippen molar-refractivity contribution >= 4 is 38.5 Å². The molecule has 3 aromatic carbocycles. The fourth-order valence-corrected chi connectivity index (χ4v) is 5.95. The van der Waals surface area contributed by atoms with Crippen LogP contribution in [0.4, 0.5) is 5.69 Å². The number of anilines is 1. The van der Waals surface area contributed by atoms with Gasteiger partial charge in [0.25, 0.3) is 10.0 Å². The summed E-state index contributed by atoms with van der Waals surface area (Å²) in [6, 6.07) is 16.8. The number of rotatable bonds is 5. The number of nitrogens with zero attached hydrogens (tertiary/aromatic N) is 2. The monoisotopic (exact) mass is 467 g/mol. The highest BCUT2D eigenvalue weighted by atomic mass is 32.2. The van der Waals surface area contributed by atoms with Crippen LogP contribution in [0.15, 0.2) is 74.1 Å². The quantitative estimate of drug-likeness (QED) is 0.460. The van der Waals surface area contributed by atoms with E-state index in [1.807, 2.05) is 57.2 Å². The minimum atomic E-state index is -3.82. The maximum absolute atomic E-state index is 13.3. The van der Waals surface area contributed by atoms with Crippen LogP contribution < -0.4 is 10.4 Å². The fraction of sp³-hybridized carbons (Fsp3) is 0.208. The molecule has 0 aliphatic carbocycles. The minimum absolute atomic E-state index is 0.166. The first-order valence-electron chi connectivity index (χ1n) is 10.1. The third-order valence-electron chi connectivity index (χ3n) is 5.37. The lowest BCUT2D eigenvalue weighted by atomic mass is 10.2. The Morgan fingerprint density at radius 2 is 1.34 bits per heavy atom. The molecule has 1 heterocycles. The number of hydrogen-bond donors (Lipinski definition) is 1. The molecule has 166 valence electrons. The van der Waals surface area contributed by atoms with Crippen LogP contribution in [0.5, 0.6) is 0 Å². The van der Waals surface area contributed by atoms with Crippen molar-refractivity contribution in [1.29, 1.82) is 0 Å². The van der Waals surface area contributed by atoms with Crippen LogP contribution in [0.1, 0.15) is 16.7 Å². The SMILES string of the molecule is Cc1ccc(Sc2cc3c(cc2NS(=O)(=O)c2cc(C)cc(C)c2)n(C)c(=O)n3C)cc1. The van der Waals surface area contributed by atoms with E-state index in [9.17, 15) is 13.2 Å². The van der Waals surface area contributed by atoms with Gasteiger partial charge in [-0.25, -0.2) is 13.2 Å². The molecule has 1 N–H and O–H groups in total. The molecular formula is C24H25N3O3S2. The number of aryl methyl sites for hydroxylation is 5. The normalized spacial score (nSPS) is 11.8. The van der Waals surface area contributed by atoms with Crippen LogP contribution in [-0.4, -0.2) is 17.6 Å². The topological polar surface area (TPSA) is 73.1 Å². The zero-order chi connectivity index (χ0) is 23.2. The van der Waals surface area contributed by atoms with Gasteiger partial charge in [0.1, 0.15) is 0 Å². The molecule has 0 amide bonds. The summed E-state index contributed by atoms with van der Waals surface area (Å²) < 4.78 is 32.4. The number of nitrogens with one attached hydrogen (secondary N) is 1. The van der Waals surface area contributed by atoms with Crippen LogP contribution in [0.3, 0.4) is 0 Å². The molecule has 8 heteroatoms. The van der Waals surface area contributed by atoms with Crippen LogP contribution in [-0.2, 0) is 24.1 Å². The summed E-state index contributed by atoms with van der Waals surface area (Å²) in [6.07, 6.45) is 0. The second-order valence-electron chi connectivity index (χ2n) is 8.08. The number of aromatic nitrogens is 2. The van der Waals surface area contributed by atoms with Crippen LogP contribution in [0, 0.1) is 20.8 Å². The van der Waals surface area contributed by atoms with Crippen molar-refractivity contribution in [2.75, 3.05) is 4.72 Å². The maximum atomic E-state index is 13.3. The molecule has 0 aliphatic heterocycles. The molecule has 0 saturated carbocycles. The largest absolute Gasteiger partial charge is 0.328 e. The van der Waals surface area contributed by atoms with E-state index < -0.39 is 10.0 Å². The van der Waals surface area contributed by atoms with E-state index >= 15 is 0 Å². The van der Waals surface area contributed by atoms with Gasteiger partial charge in [0, 0.05) is 23.9 Å². The van der Waals surface area contributed by atoms with Crippen molar-refractivity contribution in [1.82, 2.24) is 9.13 Å². The molecule has 0 unspecified atom stereocenters. The first-order chi connectivity index (χ1) is 15.0. The fourth-order valence-electron chi connectivity index (χ4n) is 3.72.